The summed E-state index contributed by atoms with van der Waals surface area (Å²) in [5, 5.41) is 1.12. The maximum Gasteiger partial charge on any atom is 0.207 e. The van der Waals surface area contributed by atoms with Crippen LogP contribution < -0.4 is 9.64 Å². The molecule has 1 spiro atoms. The highest BCUT2D eigenvalue weighted by Crippen LogP contribution is 2.46. The monoisotopic (exact) mass is 356 g/mol. The summed E-state index contributed by atoms with van der Waals surface area (Å²) in [6, 6.07) is 17.0. The summed E-state index contributed by atoms with van der Waals surface area (Å²) < 4.78 is 6.80. The molecule has 2 aliphatic rings. The Balaban J connectivity index is 1.61. The average Bonchev–Trinajstić information content (AvgIpc) is 2.98. The molecular formula is C24H24N2O. The third-order valence-electron chi connectivity index (χ3n) is 5.67. The Kier molecular flexibility index (Phi) is 3.71. The number of hydrogen-bond acceptors (Lipinski definition) is 3. The van der Waals surface area contributed by atoms with Crippen LogP contribution in [0, 0.1) is 5.92 Å². The minimum absolute atomic E-state index is 0.461. The molecule has 3 nitrogen and oxygen atoms in total. The Bertz CT molecular complexity index is 1040. The van der Waals surface area contributed by atoms with Gasteiger partial charge in [-0.1, -0.05) is 50.2 Å². The van der Waals surface area contributed by atoms with Crippen molar-refractivity contribution in [3.8, 4) is 5.75 Å². The second-order valence-corrected chi connectivity index (χ2v) is 7.98. The molecule has 3 heterocycles. The predicted molar refractivity (Wildman–Crippen MR) is 111 cm³/mol. The Labute approximate surface area is 160 Å². The first-order chi connectivity index (χ1) is 13.2. The van der Waals surface area contributed by atoms with Gasteiger partial charge in [-0.3, -0.25) is 4.98 Å². The molecule has 5 rings (SSSR count). The maximum atomic E-state index is 6.80. The fourth-order valence-corrected chi connectivity index (χ4v) is 4.24. The fourth-order valence-electron chi connectivity index (χ4n) is 4.24. The summed E-state index contributed by atoms with van der Waals surface area (Å²) >= 11 is 0. The quantitative estimate of drug-likeness (QED) is 0.624. The molecule has 0 saturated heterocycles. The summed E-state index contributed by atoms with van der Waals surface area (Å²) in [6.45, 7) is 5.53. The Morgan fingerprint density at radius 3 is 2.89 bits per heavy atom. The van der Waals surface area contributed by atoms with Crippen LogP contribution in [0.4, 0.5) is 5.69 Å². The van der Waals surface area contributed by atoms with Crippen LogP contribution in [-0.4, -0.2) is 17.3 Å². The maximum absolute atomic E-state index is 6.80. The van der Waals surface area contributed by atoms with E-state index in [1.165, 1.54) is 11.3 Å². The average molecular weight is 356 g/mol. The van der Waals surface area contributed by atoms with Crippen molar-refractivity contribution in [2.75, 3.05) is 11.4 Å². The van der Waals surface area contributed by atoms with Gasteiger partial charge in [0.05, 0.1) is 0 Å². The second-order valence-electron chi connectivity index (χ2n) is 7.98. The molecular weight excluding hydrogens is 332 g/mol. The van der Waals surface area contributed by atoms with E-state index in [9.17, 15) is 0 Å². The molecule has 0 radical (unpaired) electrons. The second kappa shape index (κ2) is 6.12. The van der Waals surface area contributed by atoms with Gasteiger partial charge >= 0.3 is 0 Å². The van der Waals surface area contributed by atoms with Crippen LogP contribution >= 0.6 is 0 Å². The first-order valence-electron chi connectivity index (χ1n) is 9.78. The molecule has 0 amide bonds. The van der Waals surface area contributed by atoms with E-state index in [0.717, 1.165) is 41.6 Å². The Hall–Kier alpha value is -2.81. The van der Waals surface area contributed by atoms with Crippen molar-refractivity contribution in [1.82, 2.24) is 4.98 Å². The summed E-state index contributed by atoms with van der Waals surface area (Å²) in [6.07, 6.45) is 8.29. The van der Waals surface area contributed by atoms with Gasteiger partial charge in [0.1, 0.15) is 5.52 Å². The van der Waals surface area contributed by atoms with Crippen molar-refractivity contribution in [2.24, 2.45) is 5.92 Å². The molecule has 1 atom stereocenters. The number of fused-ring (bicyclic) bond motifs is 4. The van der Waals surface area contributed by atoms with E-state index in [1.807, 2.05) is 12.3 Å². The van der Waals surface area contributed by atoms with Crippen LogP contribution in [0.15, 0.2) is 60.8 Å². The molecule has 0 saturated carbocycles. The number of para-hydroxylation sites is 1. The van der Waals surface area contributed by atoms with E-state index < -0.39 is 5.72 Å². The number of pyridine rings is 1. The van der Waals surface area contributed by atoms with Gasteiger partial charge in [-0.05, 0) is 42.2 Å². The topological polar surface area (TPSA) is 25.4 Å². The molecule has 1 unspecified atom stereocenters. The summed E-state index contributed by atoms with van der Waals surface area (Å²) in [4.78, 5) is 7.07. The third kappa shape index (κ3) is 2.61. The minimum Gasteiger partial charge on any atom is -0.461 e. The van der Waals surface area contributed by atoms with E-state index >= 15 is 0 Å². The molecule has 1 aromatic heterocycles. The lowest BCUT2D eigenvalue weighted by Crippen LogP contribution is -2.51. The van der Waals surface area contributed by atoms with Crippen molar-refractivity contribution in [2.45, 2.75) is 32.4 Å². The highest BCUT2D eigenvalue weighted by molar-refractivity contribution is 5.89. The first kappa shape index (κ1) is 16.4. The SMILES string of the molecule is CC(C)CCN1c2ccccc2CC12C=Cc1ccc3cccnc3c1O2. The number of benzene rings is 2. The fraction of sp³-hybridized carbons (Fsp3) is 0.292. The molecule has 2 aliphatic heterocycles. The number of ether oxygens (including phenoxy) is 1. The van der Waals surface area contributed by atoms with Crippen molar-refractivity contribution >= 4 is 22.7 Å². The standard InChI is InChI=1S/C24H24N2O/c1-17(2)12-15-26-21-8-4-3-6-20(21)16-24(26)13-11-19-10-9-18-7-5-14-25-22(18)23(19)27-24/h3-11,13-14,17H,12,15-16H2,1-2H3. The van der Waals surface area contributed by atoms with Crippen LogP contribution in [0.3, 0.4) is 0 Å². The number of rotatable bonds is 3. The zero-order chi connectivity index (χ0) is 18.4. The van der Waals surface area contributed by atoms with E-state index in [1.54, 1.807) is 0 Å². The molecule has 136 valence electrons. The molecule has 2 aromatic carbocycles. The number of aromatic nitrogens is 1. The minimum atomic E-state index is -0.461. The zero-order valence-electron chi connectivity index (χ0n) is 15.9. The van der Waals surface area contributed by atoms with Crippen molar-refractivity contribution < 1.29 is 4.74 Å². The van der Waals surface area contributed by atoms with Gasteiger partial charge in [-0.2, -0.15) is 0 Å². The highest BCUT2D eigenvalue weighted by Gasteiger charge is 2.45. The van der Waals surface area contributed by atoms with E-state index in [-0.39, 0.29) is 0 Å². The van der Waals surface area contributed by atoms with Crippen molar-refractivity contribution in [1.29, 1.82) is 0 Å². The molecule has 3 aromatic rings. The number of anilines is 1. The van der Waals surface area contributed by atoms with Crippen LogP contribution in [0.25, 0.3) is 17.0 Å². The summed E-state index contributed by atoms with van der Waals surface area (Å²) in [7, 11) is 0. The first-order valence-corrected chi connectivity index (χ1v) is 9.78. The summed E-state index contributed by atoms with van der Waals surface area (Å²) in [5.41, 5.74) is 4.23. The highest BCUT2D eigenvalue weighted by atomic mass is 16.5. The van der Waals surface area contributed by atoms with Crippen LogP contribution in [-0.2, 0) is 6.42 Å². The Morgan fingerprint density at radius 2 is 2.00 bits per heavy atom. The number of hydrogen-bond donors (Lipinski definition) is 0. The molecule has 0 bridgehead atoms. The van der Waals surface area contributed by atoms with E-state index in [0.29, 0.717) is 5.92 Å². The van der Waals surface area contributed by atoms with E-state index in [2.05, 4.69) is 78.3 Å². The van der Waals surface area contributed by atoms with Crippen molar-refractivity contribution in [3.63, 3.8) is 0 Å². The lowest BCUT2D eigenvalue weighted by Gasteiger charge is -2.41. The van der Waals surface area contributed by atoms with Crippen LogP contribution in [0.1, 0.15) is 31.4 Å². The molecule has 3 heteroatoms. The smallest absolute Gasteiger partial charge is 0.207 e. The normalized spacial score (nSPS) is 20.2. The summed E-state index contributed by atoms with van der Waals surface area (Å²) in [5.74, 6) is 1.55. The van der Waals surface area contributed by atoms with Crippen LogP contribution in [0.5, 0.6) is 5.75 Å². The van der Waals surface area contributed by atoms with Gasteiger partial charge in [0.15, 0.2) is 5.75 Å². The molecule has 27 heavy (non-hydrogen) atoms. The lowest BCUT2D eigenvalue weighted by molar-refractivity contribution is 0.122. The van der Waals surface area contributed by atoms with E-state index in [4.69, 9.17) is 4.74 Å². The van der Waals surface area contributed by atoms with Crippen LogP contribution in [0.2, 0.25) is 0 Å². The molecule has 0 N–H and O–H groups in total. The zero-order valence-corrected chi connectivity index (χ0v) is 15.9. The van der Waals surface area contributed by atoms with Gasteiger partial charge in [0.2, 0.25) is 5.72 Å². The van der Waals surface area contributed by atoms with Crippen molar-refractivity contribution in [3.05, 3.63) is 71.9 Å². The third-order valence-corrected chi connectivity index (χ3v) is 5.67. The predicted octanol–water partition coefficient (Wildman–Crippen LogP) is 5.45. The van der Waals surface area contributed by atoms with Gasteiger partial charge < -0.3 is 9.64 Å². The van der Waals surface area contributed by atoms with Gasteiger partial charge in [-0.15, -0.1) is 0 Å². The number of nitrogens with zero attached hydrogens (tertiary/aromatic N) is 2. The van der Waals surface area contributed by atoms with Gasteiger partial charge in [0.25, 0.3) is 0 Å². The largest absolute Gasteiger partial charge is 0.461 e. The van der Waals surface area contributed by atoms with Gasteiger partial charge in [-0.25, -0.2) is 0 Å². The molecule has 0 aliphatic carbocycles. The Morgan fingerprint density at radius 1 is 1.11 bits per heavy atom. The lowest BCUT2D eigenvalue weighted by atomic mass is 9.99. The molecule has 0 fully saturated rings. The van der Waals surface area contributed by atoms with Gasteiger partial charge in [0, 0.05) is 35.8 Å².